The number of hydrogen-bond acceptors (Lipinski definition) is 6. The van der Waals surface area contributed by atoms with E-state index in [1.165, 1.54) is 12.8 Å². The van der Waals surface area contributed by atoms with Gasteiger partial charge in [-0.25, -0.2) is 0 Å². The summed E-state index contributed by atoms with van der Waals surface area (Å²) in [6.45, 7) is 8.07. The first-order valence-corrected chi connectivity index (χ1v) is 10.3. The number of hydrogen-bond donors (Lipinski definition) is 3. The van der Waals surface area contributed by atoms with Crippen molar-refractivity contribution in [3.05, 3.63) is 0 Å². The summed E-state index contributed by atoms with van der Waals surface area (Å²) in [5.74, 6) is -0.877. The molecule has 1 aliphatic heterocycles. The molecule has 1 heterocycles. The molecule has 2 fully saturated rings. The molecule has 0 unspecified atom stereocenters. The maximum Gasteiger partial charge on any atom is 0.246 e. The minimum Gasteiger partial charge on any atom is -0.330 e. The number of amides is 3. The number of rotatable bonds is 12. The smallest absolute Gasteiger partial charge is 0.246 e. The molecule has 0 aromatic heterocycles. The van der Waals surface area contributed by atoms with Crippen LogP contribution in [0.25, 0.3) is 0 Å². The fourth-order valence-electron chi connectivity index (χ4n) is 3.17. The van der Waals surface area contributed by atoms with Crippen molar-refractivity contribution in [3.63, 3.8) is 0 Å². The number of nitrogens with one attached hydrogen (secondary N) is 3. The summed E-state index contributed by atoms with van der Waals surface area (Å²) in [5.41, 5.74) is 0. The van der Waals surface area contributed by atoms with Gasteiger partial charge in [-0.1, -0.05) is 6.92 Å². The first-order valence-electron chi connectivity index (χ1n) is 10.3. The summed E-state index contributed by atoms with van der Waals surface area (Å²) in [4.78, 5) is 40.5. The average molecular weight is 382 g/mol. The molecule has 154 valence electrons. The Labute approximate surface area is 162 Å². The van der Waals surface area contributed by atoms with Gasteiger partial charge in [0.25, 0.3) is 0 Å². The maximum atomic E-state index is 12.4. The van der Waals surface area contributed by atoms with Crippen LogP contribution < -0.4 is 16.0 Å². The Morgan fingerprint density at radius 1 is 1.11 bits per heavy atom. The normalized spacial score (nSPS) is 18.3. The van der Waals surface area contributed by atoms with Gasteiger partial charge >= 0.3 is 0 Å². The van der Waals surface area contributed by atoms with Crippen LogP contribution in [0.5, 0.6) is 0 Å². The van der Waals surface area contributed by atoms with Gasteiger partial charge in [0.2, 0.25) is 17.7 Å². The van der Waals surface area contributed by atoms with Crippen LogP contribution in [0.4, 0.5) is 0 Å². The second kappa shape index (κ2) is 11.4. The molecule has 1 atom stereocenters. The molecule has 27 heavy (non-hydrogen) atoms. The first kappa shape index (κ1) is 21.8. The van der Waals surface area contributed by atoms with Crippen LogP contribution >= 0.6 is 0 Å². The number of carbonyl (C=O) groups is 3. The third-order valence-corrected chi connectivity index (χ3v) is 5.24. The highest BCUT2D eigenvalue weighted by atomic mass is 16.2. The molecule has 0 spiro atoms. The summed E-state index contributed by atoms with van der Waals surface area (Å²) < 4.78 is 0. The van der Waals surface area contributed by atoms with Gasteiger partial charge in [0.1, 0.15) is 6.54 Å². The summed E-state index contributed by atoms with van der Waals surface area (Å²) >= 11 is 0. The number of nitrogens with zero attached hydrogens (tertiary/aromatic N) is 2. The Morgan fingerprint density at radius 2 is 1.81 bits per heavy atom. The number of carbonyl (C=O) groups excluding carboxylic acids is 3. The number of likely N-dealkylation sites (tertiary alicyclic amines) is 1. The van der Waals surface area contributed by atoms with Gasteiger partial charge in [0, 0.05) is 25.2 Å². The Morgan fingerprint density at radius 3 is 2.44 bits per heavy atom. The molecule has 0 radical (unpaired) electrons. The molecule has 1 aliphatic carbocycles. The van der Waals surface area contributed by atoms with Crippen molar-refractivity contribution in [2.75, 3.05) is 45.8 Å². The molecule has 0 bridgehead atoms. The van der Waals surface area contributed by atoms with Crippen LogP contribution in [0.3, 0.4) is 0 Å². The SMILES string of the molecule is CC[C@@H](C)N(CC(=O)NC(=O)CNCCN1CCCC1)C(=O)CNC1CC1. The van der Waals surface area contributed by atoms with Crippen molar-refractivity contribution in [1.29, 1.82) is 0 Å². The molecule has 8 heteroatoms. The van der Waals surface area contributed by atoms with Crippen LogP contribution in [0.1, 0.15) is 46.0 Å². The Kier molecular flexibility index (Phi) is 9.17. The second-order valence-electron chi connectivity index (χ2n) is 7.63. The fourth-order valence-corrected chi connectivity index (χ4v) is 3.17. The van der Waals surface area contributed by atoms with Crippen molar-refractivity contribution in [3.8, 4) is 0 Å². The van der Waals surface area contributed by atoms with Crippen molar-refractivity contribution in [1.82, 2.24) is 25.8 Å². The molecule has 3 N–H and O–H groups in total. The molecule has 1 saturated carbocycles. The third kappa shape index (κ3) is 8.36. The van der Waals surface area contributed by atoms with E-state index in [1.807, 2.05) is 13.8 Å². The highest BCUT2D eigenvalue weighted by molar-refractivity contribution is 5.98. The van der Waals surface area contributed by atoms with Crippen molar-refractivity contribution >= 4 is 17.7 Å². The van der Waals surface area contributed by atoms with E-state index in [2.05, 4.69) is 20.9 Å². The summed E-state index contributed by atoms with van der Waals surface area (Å²) in [6, 6.07) is 0.396. The molecular weight excluding hydrogens is 346 g/mol. The highest BCUT2D eigenvalue weighted by Crippen LogP contribution is 2.18. The largest absolute Gasteiger partial charge is 0.330 e. The first-order chi connectivity index (χ1) is 13.0. The van der Waals surface area contributed by atoms with Crippen LogP contribution in [-0.4, -0.2) is 85.4 Å². The van der Waals surface area contributed by atoms with E-state index in [-0.39, 0.29) is 37.5 Å². The van der Waals surface area contributed by atoms with E-state index in [1.54, 1.807) is 4.90 Å². The predicted octanol–water partition coefficient (Wildman–Crippen LogP) is -0.306. The fraction of sp³-hybridized carbons (Fsp3) is 0.842. The molecule has 2 rings (SSSR count). The molecule has 0 aromatic carbocycles. The van der Waals surface area contributed by atoms with Gasteiger partial charge in [0.05, 0.1) is 13.1 Å². The zero-order valence-corrected chi connectivity index (χ0v) is 16.8. The lowest BCUT2D eigenvalue weighted by Gasteiger charge is -2.28. The van der Waals surface area contributed by atoms with Gasteiger partial charge in [-0.2, -0.15) is 0 Å². The van der Waals surface area contributed by atoms with E-state index in [0.29, 0.717) is 6.04 Å². The van der Waals surface area contributed by atoms with Gasteiger partial charge in [-0.3, -0.25) is 19.7 Å². The van der Waals surface area contributed by atoms with Gasteiger partial charge in [0.15, 0.2) is 0 Å². The zero-order chi connectivity index (χ0) is 19.6. The molecule has 0 aromatic rings. The van der Waals surface area contributed by atoms with Crippen LogP contribution in [-0.2, 0) is 14.4 Å². The van der Waals surface area contributed by atoms with Gasteiger partial charge < -0.3 is 20.4 Å². The lowest BCUT2D eigenvalue weighted by molar-refractivity contribution is -0.139. The summed E-state index contributed by atoms with van der Waals surface area (Å²) in [5, 5.41) is 8.64. The minimum atomic E-state index is -0.429. The highest BCUT2D eigenvalue weighted by Gasteiger charge is 2.26. The average Bonchev–Trinajstić information content (AvgIpc) is 3.34. The number of imide groups is 1. The maximum absolute atomic E-state index is 12.4. The second-order valence-corrected chi connectivity index (χ2v) is 7.63. The summed E-state index contributed by atoms with van der Waals surface area (Å²) in [6.07, 6.45) is 5.47. The molecule has 1 saturated heterocycles. The van der Waals surface area contributed by atoms with E-state index in [4.69, 9.17) is 0 Å². The Hall–Kier alpha value is -1.51. The van der Waals surface area contributed by atoms with Crippen LogP contribution in [0, 0.1) is 0 Å². The van der Waals surface area contributed by atoms with Crippen LogP contribution in [0.15, 0.2) is 0 Å². The van der Waals surface area contributed by atoms with Gasteiger partial charge in [-0.05, 0) is 52.1 Å². The van der Waals surface area contributed by atoms with E-state index >= 15 is 0 Å². The molecule has 2 aliphatic rings. The van der Waals surface area contributed by atoms with E-state index in [9.17, 15) is 14.4 Å². The quantitative estimate of drug-likeness (QED) is 0.402. The topological polar surface area (TPSA) is 93.8 Å². The van der Waals surface area contributed by atoms with E-state index in [0.717, 1.165) is 45.4 Å². The molecule has 8 nitrogen and oxygen atoms in total. The Bertz CT molecular complexity index is 504. The lowest BCUT2D eigenvalue weighted by atomic mass is 10.2. The van der Waals surface area contributed by atoms with Crippen molar-refractivity contribution in [2.24, 2.45) is 0 Å². The minimum absolute atomic E-state index is 0.0436. The van der Waals surface area contributed by atoms with Crippen molar-refractivity contribution < 1.29 is 14.4 Å². The summed E-state index contributed by atoms with van der Waals surface area (Å²) in [7, 11) is 0. The van der Waals surface area contributed by atoms with E-state index < -0.39 is 5.91 Å². The van der Waals surface area contributed by atoms with Gasteiger partial charge in [-0.15, -0.1) is 0 Å². The predicted molar refractivity (Wildman–Crippen MR) is 104 cm³/mol. The molecule has 3 amide bonds. The van der Waals surface area contributed by atoms with Crippen LogP contribution in [0.2, 0.25) is 0 Å². The molecular formula is C19H35N5O3. The monoisotopic (exact) mass is 381 g/mol. The Balaban J connectivity index is 1.66. The third-order valence-electron chi connectivity index (χ3n) is 5.24. The standard InChI is InChI=1S/C19H35N5O3/c1-3-15(2)24(19(27)13-21-16-6-7-16)14-18(26)22-17(25)12-20-8-11-23-9-4-5-10-23/h15-16,20-21H,3-14H2,1-2H3,(H,22,25,26)/t15-/m1/s1. The van der Waals surface area contributed by atoms with Crippen molar-refractivity contribution in [2.45, 2.75) is 58.0 Å². The lowest BCUT2D eigenvalue weighted by Crippen LogP contribution is -2.50. The zero-order valence-electron chi connectivity index (χ0n) is 16.8.